The zero-order chi connectivity index (χ0) is 10.7. The molecule has 0 radical (unpaired) electrons. The first-order valence-electron chi connectivity index (χ1n) is 4.31. The molecule has 0 saturated heterocycles. The second kappa shape index (κ2) is 4.34. The van der Waals surface area contributed by atoms with Gasteiger partial charge in [-0.15, -0.1) is 0 Å². The highest BCUT2D eigenvalue weighted by molar-refractivity contribution is 6.32. The highest BCUT2D eigenvalue weighted by Crippen LogP contribution is 2.33. The van der Waals surface area contributed by atoms with Crippen LogP contribution in [0, 0.1) is 25.2 Å². The second-order valence-electron chi connectivity index (χ2n) is 3.17. The van der Waals surface area contributed by atoms with E-state index in [2.05, 4.69) is 6.07 Å². The van der Waals surface area contributed by atoms with Crippen LogP contribution in [0.3, 0.4) is 0 Å². The summed E-state index contributed by atoms with van der Waals surface area (Å²) >= 11 is 6.10. The number of benzene rings is 1. The van der Waals surface area contributed by atoms with Crippen LogP contribution in [-0.2, 0) is 6.42 Å². The Bertz CT molecular complexity index is 393. The van der Waals surface area contributed by atoms with Gasteiger partial charge in [0.25, 0.3) is 0 Å². The predicted octanol–water partition coefficient (Wildman–Crippen LogP) is 3.03. The highest BCUT2D eigenvalue weighted by atomic mass is 35.5. The third-order valence-electron chi connectivity index (χ3n) is 2.14. The first-order chi connectivity index (χ1) is 6.61. The first kappa shape index (κ1) is 10.9. The predicted molar refractivity (Wildman–Crippen MR) is 56.8 cm³/mol. The summed E-state index contributed by atoms with van der Waals surface area (Å²) in [4.78, 5) is 0. The van der Waals surface area contributed by atoms with Crippen molar-refractivity contribution in [1.82, 2.24) is 0 Å². The van der Waals surface area contributed by atoms with Crippen LogP contribution in [0.1, 0.15) is 16.7 Å². The van der Waals surface area contributed by atoms with Gasteiger partial charge in [0.15, 0.2) is 0 Å². The fourth-order valence-corrected chi connectivity index (χ4v) is 1.76. The molecule has 0 bridgehead atoms. The van der Waals surface area contributed by atoms with Crippen molar-refractivity contribution in [2.75, 3.05) is 7.11 Å². The molecule has 1 rings (SSSR count). The van der Waals surface area contributed by atoms with Crippen LogP contribution in [0.5, 0.6) is 5.75 Å². The summed E-state index contributed by atoms with van der Waals surface area (Å²) in [6, 6.07) is 4.05. The molecular formula is C11H12ClNO. The number of aryl methyl sites for hydroxylation is 2. The number of methoxy groups -OCH3 is 1. The fourth-order valence-electron chi connectivity index (χ4n) is 1.55. The molecule has 1 aromatic carbocycles. The van der Waals surface area contributed by atoms with Crippen LogP contribution < -0.4 is 4.74 Å². The van der Waals surface area contributed by atoms with Gasteiger partial charge in [-0.05, 0) is 25.0 Å². The number of nitriles is 1. The summed E-state index contributed by atoms with van der Waals surface area (Å²) < 4.78 is 5.23. The van der Waals surface area contributed by atoms with Crippen LogP contribution >= 0.6 is 11.6 Å². The average molecular weight is 210 g/mol. The summed E-state index contributed by atoms with van der Waals surface area (Å²) in [7, 11) is 1.59. The monoisotopic (exact) mass is 209 g/mol. The first-order valence-corrected chi connectivity index (χ1v) is 4.69. The summed E-state index contributed by atoms with van der Waals surface area (Å²) in [5, 5.41) is 9.32. The van der Waals surface area contributed by atoms with Crippen molar-refractivity contribution in [1.29, 1.82) is 5.26 Å². The number of rotatable bonds is 2. The normalized spacial score (nSPS) is 9.64. The van der Waals surface area contributed by atoms with Gasteiger partial charge in [0, 0.05) is 5.56 Å². The van der Waals surface area contributed by atoms with Gasteiger partial charge in [-0.2, -0.15) is 5.26 Å². The molecule has 3 heteroatoms. The minimum Gasteiger partial charge on any atom is -0.496 e. The summed E-state index contributed by atoms with van der Waals surface area (Å²) in [5.41, 5.74) is 2.78. The Morgan fingerprint density at radius 1 is 1.43 bits per heavy atom. The Balaban J connectivity index is 3.41. The molecule has 2 nitrogen and oxygen atoms in total. The third kappa shape index (κ3) is 1.83. The van der Waals surface area contributed by atoms with E-state index in [0.29, 0.717) is 5.02 Å². The van der Waals surface area contributed by atoms with Crippen LogP contribution in [-0.4, -0.2) is 7.11 Å². The van der Waals surface area contributed by atoms with E-state index in [9.17, 15) is 0 Å². The van der Waals surface area contributed by atoms with Crippen molar-refractivity contribution >= 4 is 11.6 Å². The van der Waals surface area contributed by atoms with Crippen molar-refractivity contribution in [3.63, 3.8) is 0 Å². The van der Waals surface area contributed by atoms with Crippen molar-refractivity contribution in [2.45, 2.75) is 20.3 Å². The largest absolute Gasteiger partial charge is 0.496 e. The molecule has 0 amide bonds. The number of halogens is 1. The maximum absolute atomic E-state index is 8.68. The summed E-state index contributed by atoms with van der Waals surface area (Å²) in [6.07, 6.45) is 0.282. The van der Waals surface area contributed by atoms with Crippen molar-refractivity contribution in [3.05, 3.63) is 27.8 Å². The van der Waals surface area contributed by atoms with Crippen molar-refractivity contribution < 1.29 is 4.74 Å². The molecule has 0 aliphatic rings. The average Bonchev–Trinajstić information content (AvgIpc) is 2.14. The summed E-state index contributed by atoms with van der Waals surface area (Å²) in [5.74, 6) is 0.724. The minimum absolute atomic E-state index is 0.282. The van der Waals surface area contributed by atoms with Gasteiger partial charge in [0.05, 0.1) is 24.6 Å². The Labute approximate surface area is 89.1 Å². The zero-order valence-corrected chi connectivity index (χ0v) is 9.27. The molecule has 0 saturated carbocycles. The van der Waals surface area contributed by atoms with Gasteiger partial charge in [-0.25, -0.2) is 0 Å². The molecule has 0 N–H and O–H groups in total. The molecule has 0 fully saturated rings. The Hall–Kier alpha value is -1.20. The molecule has 14 heavy (non-hydrogen) atoms. The Morgan fingerprint density at radius 3 is 2.57 bits per heavy atom. The van der Waals surface area contributed by atoms with Gasteiger partial charge < -0.3 is 4.74 Å². The van der Waals surface area contributed by atoms with Gasteiger partial charge in [0.2, 0.25) is 0 Å². The standard InChI is InChI=1S/C11H12ClNO/c1-7-6-8(2)11(14-3)9(4-5-13)10(7)12/h6H,4H2,1-3H3. The maximum atomic E-state index is 8.68. The maximum Gasteiger partial charge on any atom is 0.127 e. The smallest absolute Gasteiger partial charge is 0.127 e. The SMILES string of the molecule is COc1c(C)cc(C)c(Cl)c1CC#N. The van der Waals surface area contributed by atoms with Crippen molar-refractivity contribution in [3.8, 4) is 11.8 Å². The minimum atomic E-state index is 0.282. The zero-order valence-electron chi connectivity index (χ0n) is 8.52. The van der Waals surface area contributed by atoms with E-state index in [1.54, 1.807) is 7.11 Å². The molecule has 74 valence electrons. The molecule has 0 aromatic heterocycles. The van der Waals surface area contributed by atoms with E-state index < -0.39 is 0 Å². The lowest BCUT2D eigenvalue weighted by molar-refractivity contribution is 0.407. The lowest BCUT2D eigenvalue weighted by Crippen LogP contribution is -1.97. The van der Waals surface area contributed by atoms with Gasteiger partial charge in [-0.3, -0.25) is 0 Å². The lowest BCUT2D eigenvalue weighted by Gasteiger charge is -2.12. The van der Waals surface area contributed by atoms with E-state index in [1.807, 2.05) is 19.9 Å². The van der Waals surface area contributed by atoms with Crippen LogP contribution in [0.15, 0.2) is 6.07 Å². The van der Waals surface area contributed by atoms with E-state index in [4.69, 9.17) is 21.6 Å². The number of nitrogens with zero attached hydrogens (tertiary/aromatic N) is 1. The van der Waals surface area contributed by atoms with Crippen molar-refractivity contribution in [2.24, 2.45) is 0 Å². The summed E-state index contributed by atoms with van der Waals surface area (Å²) in [6.45, 7) is 3.87. The van der Waals surface area contributed by atoms with E-state index in [0.717, 1.165) is 22.4 Å². The second-order valence-corrected chi connectivity index (χ2v) is 3.55. The molecule has 0 aliphatic heterocycles. The topological polar surface area (TPSA) is 33.0 Å². The van der Waals surface area contributed by atoms with Crippen LogP contribution in [0.4, 0.5) is 0 Å². The molecule has 0 spiro atoms. The van der Waals surface area contributed by atoms with E-state index in [-0.39, 0.29) is 6.42 Å². The van der Waals surface area contributed by atoms with E-state index >= 15 is 0 Å². The molecule has 0 aliphatic carbocycles. The van der Waals surface area contributed by atoms with Crippen LogP contribution in [0.2, 0.25) is 5.02 Å². The third-order valence-corrected chi connectivity index (χ3v) is 2.66. The number of ether oxygens (including phenoxy) is 1. The van der Waals surface area contributed by atoms with Crippen LogP contribution in [0.25, 0.3) is 0 Å². The van der Waals surface area contributed by atoms with Gasteiger partial charge in [-0.1, -0.05) is 17.7 Å². The lowest BCUT2D eigenvalue weighted by atomic mass is 10.0. The molecule has 0 heterocycles. The van der Waals surface area contributed by atoms with Gasteiger partial charge >= 0.3 is 0 Å². The molecule has 1 aromatic rings. The molecule has 0 unspecified atom stereocenters. The molecular weight excluding hydrogens is 198 g/mol. The quantitative estimate of drug-likeness (QED) is 0.750. The Morgan fingerprint density at radius 2 is 2.07 bits per heavy atom. The fraction of sp³-hybridized carbons (Fsp3) is 0.364. The number of hydrogen-bond acceptors (Lipinski definition) is 2. The molecule has 0 atom stereocenters. The highest BCUT2D eigenvalue weighted by Gasteiger charge is 2.12. The Kier molecular flexibility index (Phi) is 3.38. The van der Waals surface area contributed by atoms with E-state index in [1.165, 1.54) is 0 Å². The van der Waals surface area contributed by atoms with Gasteiger partial charge in [0.1, 0.15) is 5.75 Å². The number of hydrogen-bond donors (Lipinski definition) is 0.